The van der Waals surface area contributed by atoms with E-state index in [2.05, 4.69) is 6.92 Å². The second-order valence-electron chi connectivity index (χ2n) is 5.74. The molecule has 0 amide bonds. The summed E-state index contributed by atoms with van der Waals surface area (Å²) in [6.07, 6.45) is 7.35. The second-order valence-corrected chi connectivity index (χ2v) is 5.74. The summed E-state index contributed by atoms with van der Waals surface area (Å²) in [5.41, 5.74) is 0.918. The maximum atomic E-state index is 13.8. The van der Waals surface area contributed by atoms with Gasteiger partial charge in [-0.3, -0.25) is 0 Å². The monoisotopic (exact) mass is 318 g/mol. The molecule has 23 heavy (non-hydrogen) atoms. The van der Waals surface area contributed by atoms with E-state index in [1.807, 2.05) is 0 Å². The number of hydrogen-bond donors (Lipinski definition) is 0. The standard InChI is InChI=1S/C20H24F2O/c1-2-3-4-5-6-7-15-23-17-13-11-16(12-14-17)18-9-8-10-19(21)20(18)22/h8-14H,2-7,15H2,1H3. The molecule has 0 atom stereocenters. The lowest BCUT2D eigenvalue weighted by atomic mass is 10.0. The number of ether oxygens (including phenoxy) is 1. The minimum atomic E-state index is -0.828. The van der Waals surface area contributed by atoms with Gasteiger partial charge in [0.2, 0.25) is 0 Å². The van der Waals surface area contributed by atoms with Crippen molar-refractivity contribution >= 4 is 0 Å². The van der Waals surface area contributed by atoms with Gasteiger partial charge in [0.25, 0.3) is 0 Å². The molecule has 2 rings (SSSR count). The summed E-state index contributed by atoms with van der Waals surface area (Å²) in [4.78, 5) is 0. The highest BCUT2D eigenvalue weighted by Crippen LogP contribution is 2.26. The van der Waals surface area contributed by atoms with E-state index in [-0.39, 0.29) is 5.56 Å². The molecule has 0 unspecified atom stereocenters. The molecule has 0 aliphatic rings. The zero-order valence-corrected chi connectivity index (χ0v) is 13.7. The molecule has 3 heteroatoms. The minimum absolute atomic E-state index is 0.271. The molecule has 0 fully saturated rings. The molecular weight excluding hydrogens is 294 g/mol. The van der Waals surface area contributed by atoms with Crippen LogP contribution in [0.1, 0.15) is 45.4 Å². The summed E-state index contributed by atoms with van der Waals surface area (Å²) in [5.74, 6) is -0.877. The topological polar surface area (TPSA) is 9.23 Å². The largest absolute Gasteiger partial charge is 0.494 e. The van der Waals surface area contributed by atoms with Crippen LogP contribution in [0.4, 0.5) is 8.78 Å². The van der Waals surface area contributed by atoms with E-state index in [0.29, 0.717) is 12.2 Å². The van der Waals surface area contributed by atoms with Gasteiger partial charge in [0.05, 0.1) is 6.61 Å². The van der Waals surface area contributed by atoms with Crippen LogP contribution in [0.2, 0.25) is 0 Å². The van der Waals surface area contributed by atoms with Gasteiger partial charge < -0.3 is 4.74 Å². The predicted octanol–water partition coefficient (Wildman–Crippen LogP) is 6.37. The Bertz CT molecular complexity index is 593. The number of halogens is 2. The van der Waals surface area contributed by atoms with Gasteiger partial charge in [-0.25, -0.2) is 8.78 Å². The third-order valence-electron chi connectivity index (χ3n) is 3.88. The lowest BCUT2D eigenvalue weighted by Gasteiger charge is -2.08. The van der Waals surface area contributed by atoms with E-state index < -0.39 is 11.6 Å². The van der Waals surface area contributed by atoms with Crippen molar-refractivity contribution in [1.82, 2.24) is 0 Å². The fraction of sp³-hybridized carbons (Fsp3) is 0.400. The van der Waals surface area contributed by atoms with Crippen molar-refractivity contribution in [3.8, 4) is 16.9 Å². The van der Waals surface area contributed by atoms with Crippen LogP contribution in [0.25, 0.3) is 11.1 Å². The molecular formula is C20H24F2O. The molecule has 0 bridgehead atoms. The van der Waals surface area contributed by atoms with Crippen LogP contribution in [0.3, 0.4) is 0 Å². The van der Waals surface area contributed by atoms with Crippen molar-refractivity contribution in [2.45, 2.75) is 45.4 Å². The molecule has 124 valence electrons. The van der Waals surface area contributed by atoms with Gasteiger partial charge in [0.15, 0.2) is 11.6 Å². The lowest BCUT2D eigenvalue weighted by Crippen LogP contribution is -1.97. The van der Waals surface area contributed by atoms with Gasteiger partial charge in [-0.1, -0.05) is 63.3 Å². The lowest BCUT2D eigenvalue weighted by molar-refractivity contribution is 0.304. The van der Waals surface area contributed by atoms with E-state index in [4.69, 9.17) is 4.74 Å². The quantitative estimate of drug-likeness (QED) is 0.488. The van der Waals surface area contributed by atoms with Crippen LogP contribution in [0.15, 0.2) is 42.5 Å². The number of hydrogen-bond acceptors (Lipinski definition) is 1. The second kappa shape index (κ2) is 9.29. The molecule has 0 saturated heterocycles. The van der Waals surface area contributed by atoms with Gasteiger partial charge in [0.1, 0.15) is 5.75 Å². The summed E-state index contributed by atoms with van der Waals surface area (Å²) in [7, 11) is 0. The Morgan fingerprint density at radius 2 is 1.52 bits per heavy atom. The molecule has 0 spiro atoms. The third-order valence-corrected chi connectivity index (χ3v) is 3.88. The van der Waals surface area contributed by atoms with E-state index in [9.17, 15) is 8.78 Å². The average molecular weight is 318 g/mol. The molecule has 2 aromatic rings. The van der Waals surface area contributed by atoms with Gasteiger partial charge >= 0.3 is 0 Å². The van der Waals surface area contributed by atoms with Gasteiger partial charge in [-0.15, -0.1) is 0 Å². The van der Waals surface area contributed by atoms with Crippen LogP contribution in [-0.2, 0) is 0 Å². The normalized spacial score (nSPS) is 10.7. The SMILES string of the molecule is CCCCCCCCOc1ccc(-c2cccc(F)c2F)cc1. The Balaban J connectivity index is 1.82. The fourth-order valence-corrected chi connectivity index (χ4v) is 2.53. The van der Waals surface area contributed by atoms with Crippen molar-refractivity contribution in [3.63, 3.8) is 0 Å². The first-order chi connectivity index (χ1) is 11.2. The highest BCUT2D eigenvalue weighted by molar-refractivity contribution is 5.64. The van der Waals surface area contributed by atoms with Gasteiger partial charge in [0, 0.05) is 5.56 Å². The van der Waals surface area contributed by atoms with Crippen LogP contribution in [-0.4, -0.2) is 6.61 Å². The molecule has 0 saturated carbocycles. The number of rotatable bonds is 9. The first-order valence-corrected chi connectivity index (χ1v) is 8.39. The molecule has 0 aromatic heterocycles. The summed E-state index contributed by atoms with van der Waals surface area (Å²) in [5, 5.41) is 0. The molecule has 0 aliphatic carbocycles. The molecule has 1 nitrogen and oxygen atoms in total. The average Bonchev–Trinajstić information content (AvgIpc) is 2.57. The molecule has 0 radical (unpaired) electrons. The predicted molar refractivity (Wildman–Crippen MR) is 90.7 cm³/mol. The van der Waals surface area contributed by atoms with Gasteiger partial charge in [-0.05, 0) is 30.2 Å². The Morgan fingerprint density at radius 3 is 2.26 bits per heavy atom. The van der Waals surface area contributed by atoms with E-state index in [1.165, 1.54) is 38.2 Å². The Kier molecular flexibility index (Phi) is 7.05. The summed E-state index contributed by atoms with van der Waals surface area (Å²) in [6, 6.07) is 11.3. The maximum absolute atomic E-state index is 13.8. The summed E-state index contributed by atoms with van der Waals surface area (Å²) in [6.45, 7) is 2.91. The van der Waals surface area contributed by atoms with E-state index >= 15 is 0 Å². The molecule has 0 heterocycles. The minimum Gasteiger partial charge on any atom is -0.494 e. The first-order valence-electron chi connectivity index (χ1n) is 8.39. The van der Waals surface area contributed by atoms with Crippen LogP contribution in [0, 0.1) is 11.6 Å². The zero-order valence-electron chi connectivity index (χ0n) is 13.7. The smallest absolute Gasteiger partial charge is 0.166 e. The van der Waals surface area contributed by atoms with Crippen molar-refractivity contribution in [1.29, 1.82) is 0 Å². The van der Waals surface area contributed by atoms with Gasteiger partial charge in [-0.2, -0.15) is 0 Å². The Labute approximate surface area is 137 Å². The van der Waals surface area contributed by atoms with Crippen molar-refractivity contribution < 1.29 is 13.5 Å². The highest BCUT2D eigenvalue weighted by Gasteiger charge is 2.09. The van der Waals surface area contributed by atoms with Crippen molar-refractivity contribution in [2.75, 3.05) is 6.61 Å². The number of unbranched alkanes of at least 4 members (excludes halogenated alkanes) is 5. The molecule has 2 aromatic carbocycles. The first kappa shape index (κ1) is 17.5. The summed E-state index contributed by atoms with van der Waals surface area (Å²) < 4.78 is 32.7. The van der Waals surface area contributed by atoms with Crippen molar-refractivity contribution in [2.24, 2.45) is 0 Å². The van der Waals surface area contributed by atoms with Crippen LogP contribution in [0.5, 0.6) is 5.75 Å². The summed E-state index contributed by atoms with van der Waals surface area (Å²) >= 11 is 0. The fourth-order valence-electron chi connectivity index (χ4n) is 2.53. The molecule has 0 aliphatic heterocycles. The third kappa shape index (κ3) is 5.34. The zero-order chi connectivity index (χ0) is 16.5. The van der Waals surface area contributed by atoms with Crippen LogP contribution >= 0.6 is 0 Å². The number of benzene rings is 2. The Hall–Kier alpha value is -1.90. The van der Waals surface area contributed by atoms with Crippen LogP contribution < -0.4 is 4.74 Å². The van der Waals surface area contributed by atoms with E-state index in [0.717, 1.165) is 18.2 Å². The maximum Gasteiger partial charge on any atom is 0.166 e. The van der Waals surface area contributed by atoms with E-state index in [1.54, 1.807) is 30.3 Å². The molecule has 0 N–H and O–H groups in total. The highest BCUT2D eigenvalue weighted by atomic mass is 19.2. The Morgan fingerprint density at radius 1 is 0.826 bits per heavy atom. The van der Waals surface area contributed by atoms with Crippen molar-refractivity contribution in [3.05, 3.63) is 54.1 Å².